The van der Waals surface area contributed by atoms with E-state index in [1.165, 1.54) is 26.0 Å². The summed E-state index contributed by atoms with van der Waals surface area (Å²) in [5.41, 5.74) is -0.00242. The zero-order valence-electron chi connectivity index (χ0n) is 12.1. The topological polar surface area (TPSA) is 63.7 Å². The van der Waals surface area contributed by atoms with Gasteiger partial charge in [0.25, 0.3) is 0 Å². The normalized spacial score (nSPS) is 12.8. The van der Waals surface area contributed by atoms with Crippen LogP contribution < -0.4 is 4.31 Å². The molecule has 0 bridgehead atoms. The number of carbonyl (C=O) groups is 1. The van der Waals surface area contributed by atoms with Crippen LogP contribution in [0.5, 0.6) is 0 Å². The predicted octanol–water partition coefficient (Wildman–Crippen LogP) is 3.05. The van der Waals surface area contributed by atoms with Crippen molar-refractivity contribution in [2.75, 3.05) is 23.3 Å². The fourth-order valence-electron chi connectivity index (χ4n) is 1.77. The minimum Gasteiger partial charge on any atom is -0.461 e. The second kappa shape index (κ2) is 7.99. The number of halogens is 3. The summed E-state index contributed by atoms with van der Waals surface area (Å²) in [6, 6.07) is 3.24. The fourth-order valence-corrected chi connectivity index (χ4v) is 3.77. The fraction of sp³-hybridized carbons (Fsp3) is 0.462. The Morgan fingerprint density at radius 2 is 1.91 bits per heavy atom. The first-order valence-corrected chi connectivity index (χ1v) is 8.81. The van der Waals surface area contributed by atoms with Gasteiger partial charge >= 0.3 is 5.97 Å². The second-order valence-electron chi connectivity index (χ2n) is 4.30. The number of sulfonamides is 1. The summed E-state index contributed by atoms with van der Waals surface area (Å²) in [4.78, 5) is 11.9. The molecule has 1 aromatic carbocycles. The van der Waals surface area contributed by atoms with Crippen LogP contribution in [0.25, 0.3) is 0 Å². The SMILES string of the molecule is CCS(=O)(=O)N(c1c(Cl)cccc1Cl)C(C)C(=O)OCCF. The summed E-state index contributed by atoms with van der Waals surface area (Å²) in [5.74, 6) is -1.15. The number of esters is 1. The minimum absolute atomic E-state index is 0.00242. The molecule has 22 heavy (non-hydrogen) atoms. The molecule has 1 unspecified atom stereocenters. The maximum atomic E-state index is 12.4. The van der Waals surface area contributed by atoms with Crippen LogP contribution in [0.4, 0.5) is 10.1 Å². The van der Waals surface area contributed by atoms with Crippen molar-refractivity contribution in [2.24, 2.45) is 0 Å². The number of nitrogens with zero attached hydrogens (tertiary/aromatic N) is 1. The molecule has 1 aromatic rings. The molecule has 0 aliphatic carbocycles. The number of carbonyl (C=O) groups excluding carboxylic acids is 1. The quantitative estimate of drug-likeness (QED) is 0.691. The van der Waals surface area contributed by atoms with Crippen molar-refractivity contribution in [3.63, 3.8) is 0 Å². The van der Waals surface area contributed by atoms with Crippen molar-refractivity contribution in [1.29, 1.82) is 0 Å². The van der Waals surface area contributed by atoms with Crippen molar-refractivity contribution >= 4 is 44.9 Å². The Morgan fingerprint density at radius 1 is 1.36 bits per heavy atom. The average Bonchev–Trinajstić information content (AvgIpc) is 2.47. The van der Waals surface area contributed by atoms with Crippen LogP contribution in [0.3, 0.4) is 0 Å². The highest BCUT2D eigenvalue weighted by Crippen LogP contribution is 2.36. The summed E-state index contributed by atoms with van der Waals surface area (Å²) < 4.78 is 42.3. The lowest BCUT2D eigenvalue weighted by Gasteiger charge is -2.30. The zero-order valence-corrected chi connectivity index (χ0v) is 14.4. The average molecular weight is 372 g/mol. The van der Waals surface area contributed by atoms with Crippen molar-refractivity contribution in [3.05, 3.63) is 28.2 Å². The Morgan fingerprint density at radius 3 is 2.36 bits per heavy atom. The number of hydrogen-bond donors (Lipinski definition) is 0. The highest BCUT2D eigenvalue weighted by molar-refractivity contribution is 7.92. The Balaban J connectivity index is 3.35. The third-order valence-corrected chi connectivity index (χ3v) is 5.27. The Labute approximate surface area is 139 Å². The van der Waals surface area contributed by atoms with E-state index in [1.54, 1.807) is 6.07 Å². The largest absolute Gasteiger partial charge is 0.461 e. The van der Waals surface area contributed by atoms with Gasteiger partial charge in [0, 0.05) is 0 Å². The number of rotatable bonds is 7. The molecule has 1 rings (SSSR count). The van der Waals surface area contributed by atoms with Gasteiger partial charge in [-0.2, -0.15) is 0 Å². The lowest BCUT2D eigenvalue weighted by Crippen LogP contribution is -2.45. The Bertz CT molecular complexity index is 619. The van der Waals surface area contributed by atoms with Gasteiger partial charge in [0.2, 0.25) is 10.0 Å². The molecule has 0 aliphatic rings. The number of alkyl halides is 1. The molecule has 1 atom stereocenters. The van der Waals surface area contributed by atoms with Crippen LogP contribution >= 0.6 is 23.2 Å². The van der Waals surface area contributed by atoms with Gasteiger partial charge in [-0.1, -0.05) is 29.3 Å². The van der Waals surface area contributed by atoms with E-state index in [1.807, 2.05) is 0 Å². The lowest BCUT2D eigenvalue weighted by molar-refractivity contribution is -0.144. The molecule has 5 nitrogen and oxygen atoms in total. The third kappa shape index (κ3) is 4.24. The number of benzene rings is 1. The number of para-hydroxylation sites is 1. The van der Waals surface area contributed by atoms with E-state index in [-0.39, 0.29) is 21.5 Å². The summed E-state index contributed by atoms with van der Waals surface area (Å²) in [7, 11) is -3.86. The van der Waals surface area contributed by atoms with Gasteiger partial charge in [-0.15, -0.1) is 0 Å². The maximum Gasteiger partial charge on any atom is 0.329 e. The van der Waals surface area contributed by atoms with Crippen LogP contribution in [0.1, 0.15) is 13.8 Å². The molecule has 0 heterocycles. The van der Waals surface area contributed by atoms with E-state index in [0.717, 1.165) is 4.31 Å². The van der Waals surface area contributed by atoms with Crippen LogP contribution in [-0.4, -0.2) is 39.5 Å². The minimum atomic E-state index is -3.86. The molecule has 0 radical (unpaired) electrons. The Kier molecular flexibility index (Phi) is 6.90. The van der Waals surface area contributed by atoms with Gasteiger partial charge in [0.1, 0.15) is 19.3 Å². The molecule has 0 aliphatic heterocycles. The molecular weight excluding hydrogens is 356 g/mol. The third-order valence-electron chi connectivity index (χ3n) is 2.84. The van der Waals surface area contributed by atoms with E-state index < -0.39 is 35.3 Å². The van der Waals surface area contributed by atoms with Gasteiger partial charge in [-0.25, -0.2) is 17.6 Å². The highest BCUT2D eigenvalue weighted by Gasteiger charge is 2.34. The first kappa shape index (κ1) is 19.0. The first-order valence-electron chi connectivity index (χ1n) is 6.45. The van der Waals surface area contributed by atoms with Crippen LogP contribution in [0.15, 0.2) is 18.2 Å². The van der Waals surface area contributed by atoms with Gasteiger partial charge < -0.3 is 4.74 Å². The molecule has 0 aromatic heterocycles. The van der Waals surface area contributed by atoms with Gasteiger partial charge in [-0.05, 0) is 26.0 Å². The molecule has 9 heteroatoms. The predicted molar refractivity (Wildman–Crippen MR) is 84.8 cm³/mol. The van der Waals surface area contributed by atoms with E-state index in [0.29, 0.717) is 0 Å². The van der Waals surface area contributed by atoms with E-state index in [2.05, 4.69) is 4.74 Å². The molecule has 124 valence electrons. The number of ether oxygens (including phenoxy) is 1. The van der Waals surface area contributed by atoms with E-state index >= 15 is 0 Å². The number of hydrogen-bond acceptors (Lipinski definition) is 4. The smallest absolute Gasteiger partial charge is 0.329 e. The van der Waals surface area contributed by atoms with Crippen LogP contribution in [0.2, 0.25) is 10.0 Å². The molecular formula is C13H16Cl2FNO4S. The molecule has 0 saturated heterocycles. The van der Waals surface area contributed by atoms with Crippen LogP contribution in [-0.2, 0) is 19.6 Å². The molecule has 0 saturated carbocycles. The summed E-state index contributed by atoms with van der Waals surface area (Å²) >= 11 is 12.1. The molecule has 0 N–H and O–H groups in total. The lowest BCUT2D eigenvalue weighted by atomic mass is 10.2. The standard InChI is InChI=1S/C13H16Cl2FNO4S/c1-3-22(19,20)17(9(2)13(18)21-8-7-16)12-10(14)5-4-6-11(12)15/h4-6,9H,3,7-8H2,1-2H3. The summed E-state index contributed by atoms with van der Waals surface area (Å²) in [5, 5.41) is 0.157. The summed E-state index contributed by atoms with van der Waals surface area (Å²) in [6.45, 7) is 1.45. The highest BCUT2D eigenvalue weighted by atomic mass is 35.5. The Hall–Kier alpha value is -1.05. The molecule has 0 amide bonds. The van der Waals surface area contributed by atoms with Crippen molar-refractivity contribution in [2.45, 2.75) is 19.9 Å². The molecule has 0 fully saturated rings. The monoisotopic (exact) mass is 371 g/mol. The van der Waals surface area contributed by atoms with Gasteiger partial charge in [-0.3, -0.25) is 4.31 Å². The van der Waals surface area contributed by atoms with Gasteiger partial charge in [0.05, 0.1) is 21.5 Å². The van der Waals surface area contributed by atoms with Crippen LogP contribution in [0, 0.1) is 0 Å². The first-order chi connectivity index (χ1) is 10.3. The van der Waals surface area contributed by atoms with Crippen molar-refractivity contribution in [1.82, 2.24) is 0 Å². The van der Waals surface area contributed by atoms with E-state index in [4.69, 9.17) is 23.2 Å². The van der Waals surface area contributed by atoms with Crippen molar-refractivity contribution in [3.8, 4) is 0 Å². The van der Waals surface area contributed by atoms with Gasteiger partial charge in [0.15, 0.2) is 0 Å². The maximum absolute atomic E-state index is 12.4. The molecule has 0 spiro atoms. The van der Waals surface area contributed by atoms with Crippen molar-refractivity contribution < 1.29 is 22.3 Å². The second-order valence-corrected chi connectivity index (χ2v) is 7.25. The number of anilines is 1. The van der Waals surface area contributed by atoms with E-state index in [9.17, 15) is 17.6 Å². The zero-order chi connectivity index (χ0) is 16.9. The summed E-state index contributed by atoms with van der Waals surface area (Å²) in [6.07, 6.45) is 0.